The van der Waals surface area contributed by atoms with Crippen LogP contribution in [-0.4, -0.2) is 17.0 Å². The van der Waals surface area contributed by atoms with E-state index < -0.39 is 0 Å². The number of aliphatic hydroxyl groups excluding tert-OH is 1. The maximum Gasteiger partial charge on any atom is 0.139 e. The van der Waals surface area contributed by atoms with Gasteiger partial charge in [-0.3, -0.25) is 4.79 Å². The highest BCUT2D eigenvalue weighted by atomic mass is 16.3. The number of ketones is 1. The lowest BCUT2D eigenvalue weighted by molar-refractivity contribution is -0.132. The fourth-order valence-electron chi connectivity index (χ4n) is 6.48. The van der Waals surface area contributed by atoms with Crippen molar-refractivity contribution in [3.8, 4) is 0 Å². The van der Waals surface area contributed by atoms with Gasteiger partial charge in [-0.15, -0.1) is 0 Å². The molecule has 3 saturated carbocycles. The average molecular weight is 288 g/mol. The van der Waals surface area contributed by atoms with Crippen LogP contribution in [-0.2, 0) is 4.79 Å². The fourth-order valence-corrected chi connectivity index (χ4v) is 6.48. The first-order valence-corrected chi connectivity index (χ1v) is 8.88. The topological polar surface area (TPSA) is 37.3 Å². The van der Waals surface area contributed by atoms with Crippen LogP contribution >= 0.6 is 0 Å². The molecule has 0 aromatic carbocycles. The lowest BCUT2D eigenvalue weighted by atomic mass is 9.47. The zero-order valence-electron chi connectivity index (χ0n) is 13.4. The molecular formula is C19H28O2. The maximum atomic E-state index is 12.4. The summed E-state index contributed by atoms with van der Waals surface area (Å²) in [6.07, 6.45) is 10.7. The van der Waals surface area contributed by atoms with Crippen LogP contribution in [0.1, 0.15) is 65.2 Å². The van der Waals surface area contributed by atoms with E-state index in [0.29, 0.717) is 17.1 Å². The van der Waals surface area contributed by atoms with Crippen molar-refractivity contribution in [2.24, 2.45) is 28.6 Å². The largest absolute Gasteiger partial charge is 0.389 e. The van der Waals surface area contributed by atoms with Crippen molar-refractivity contribution < 1.29 is 9.90 Å². The Balaban J connectivity index is 1.69. The second-order valence-electron chi connectivity index (χ2n) is 8.55. The second kappa shape index (κ2) is 4.44. The van der Waals surface area contributed by atoms with E-state index in [0.717, 1.165) is 50.4 Å². The van der Waals surface area contributed by atoms with Crippen LogP contribution < -0.4 is 0 Å². The van der Waals surface area contributed by atoms with Crippen molar-refractivity contribution >= 4 is 5.78 Å². The molecule has 4 aliphatic rings. The Kier molecular flexibility index (Phi) is 2.96. The standard InChI is InChI=1S/C19H28O2/c1-18-9-7-13(20)11-12(18)3-4-14-15-5-6-17(21)19(15,2)10-8-16(14)18/h11,13-16,20H,3-10H2,1-2H3/t13-,14?,15?,16?,18+,19+/m1/s1. The van der Waals surface area contributed by atoms with E-state index in [1.165, 1.54) is 18.4 Å². The van der Waals surface area contributed by atoms with Gasteiger partial charge in [-0.1, -0.05) is 25.5 Å². The van der Waals surface area contributed by atoms with Gasteiger partial charge in [0.2, 0.25) is 0 Å². The number of hydrogen-bond donors (Lipinski definition) is 1. The molecule has 2 nitrogen and oxygen atoms in total. The molecule has 0 aromatic heterocycles. The zero-order chi connectivity index (χ0) is 14.8. The Labute approximate surface area is 128 Å². The first-order chi connectivity index (χ1) is 9.95. The molecule has 0 spiro atoms. The van der Waals surface area contributed by atoms with Crippen molar-refractivity contribution in [2.45, 2.75) is 71.3 Å². The SMILES string of the molecule is C[C@]12CC[C@@H](O)C=C1CCC1C2CC[C@]2(C)C(=O)CCC12. The maximum absolute atomic E-state index is 12.4. The third-order valence-electron chi connectivity index (χ3n) is 7.80. The van der Waals surface area contributed by atoms with E-state index in [-0.39, 0.29) is 11.5 Å². The van der Waals surface area contributed by atoms with E-state index in [1.54, 1.807) is 0 Å². The normalized spacial score (nSPS) is 52.7. The van der Waals surface area contributed by atoms with Crippen LogP contribution in [0.4, 0.5) is 0 Å². The molecule has 0 aromatic rings. The summed E-state index contributed by atoms with van der Waals surface area (Å²) >= 11 is 0. The molecule has 3 fully saturated rings. The van der Waals surface area contributed by atoms with Gasteiger partial charge in [-0.05, 0) is 68.1 Å². The van der Waals surface area contributed by atoms with Gasteiger partial charge in [0, 0.05) is 11.8 Å². The Morgan fingerprint density at radius 1 is 1.00 bits per heavy atom. The van der Waals surface area contributed by atoms with Crippen LogP contribution in [0.5, 0.6) is 0 Å². The molecule has 0 heterocycles. The molecule has 4 aliphatic carbocycles. The Bertz CT molecular complexity index is 508. The molecule has 4 rings (SSSR count). The van der Waals surface area contributed by atoms with Crippen LogP contribution in [0.25, 0.3) is 0 Å². The molecular weight excluding hydrogens is 260 g/mol. The molecule has 116 valence electrons. The van der Waals surface area contributed by atoms with Crippen molar-refractivity contribution in [1.29, 1.82) is 0 Å². The lowest BCUT2D eigenvalue weighted by Crippen LogP contribution is -2.50. The molecule has 0 radical (unpaired) electrons. The van der Waals surface area contributed by atoms with E-state index in [4.69, 9.17) is 0 Å². The first kappa shape index (κ1) is 14.0. The number of allylic oxidation sites excluding steroid dienone is 1. The summed E-state index contributed by atoms with van der Waals surface area (Å²) in [5, 5.41) is 9.96. The van der Waals surface area contributed by atoms with Gasteiger partial charge in [0.1, 0.15) is 5.78 Å². The Morgan fingerprint density at radius 3 is 2.52 bits per heavy atom. The third-order valence-corrected chi connectivity index (χ3v) is 7.80. The summed E-state index contributed by atoms with van der Waals surface area (Å²) in [5.74, 6) is 2.66. The molecule has 1 N–H and O–H groups in total. The van der Waals surface area contributed by atoms with Gasteiger partial charge < -0.3 is 5.11 Å². The molecule has 0 bridgehead atoms. The second-order valence-corrected chi connectivity index (χ2v) is 8.55. The summed E-state index contributed by atoms with van der Waals surface area (Å²) in [5.41, 5.74) is 1.82. The summed E-state index contributed by atoms with van der Waals surface area (Å²) in [4.78, 5) is 12.4. The van der Waals surface area contributed by atoms with E-state index >= 15 is 0 Å². The molecule has 2 heteroatoms. The summed E-state index contributed by atoms with van der Waals surface area (Å²) < 4.78 is 0. The Morgan fingerprint density at radius 2 is 1.71 bits per heavy atom. The monoisotopic (exact) mass is 288 g/mol. The predicted octanol–water partition coefficient (Wildman–Crippen LogP) is 3.88. The fraction of sp³-hybridized carbons (Fsp3) is 0.842. The minimum atomic E-state index is -0.216. The van der Waals surface area contributed by atoms with E-state index in [9.17, 15) is 9.90 Å². The molecule has 0 amide bonds. The number of aliphatic hydroxyl groups is 1. The highest BCUT2D eigenvalue weighted by molar-refractivity contribution is 5.87. The van der Waals surface area contributed by atoms with Crippen LogP contribution in [0.2, 0.25) is 0 Å². The Hall–Kier alpha value is -0.630. The lowest BCUT2D eigenvalue weighted by Gasteiger charge is -2.57. The van der Waals surface area contributed by atoms with Gasteiger partial charge in [-0.25, -0.2) is 0 Å². The molecule has 0 aliphatic heterocycles. The third kappa shape index (κ3) is 1.78. The number of carbonyl (C=O) groups is 1. The molecule has 0 saturated heterocycles. The van der Waals surface area contributed by atoms with Gasteiger partial charge in [0.25, 0.3) is 0 Å². The summed E-state index contributed by atoms with van der Waals surface area (Å²) in [6.45, 7) is 4.70. The van der Waals surface area contributed by atoms with Crippen molar-refractivity contribution in [3.05, 3.63) is 11.6 Å². The average Bonchev–Trinajstić information content (AvgIpc) is 2.76. The number of hydrogen-bond acceptors (Lipinski definition) is 2. The number of rotatable bonds is 0. The number of Topliss-reactive ketones (excluding diaryl/α,β-unsaturated/α-hetero) is 1. The zero-order valence-corrected chi connectivity index (χ0v) is 13.4. The van der Waals surface area contributed by atoms with Gasteiger partial charge >= 0.3 is 0 Å². The van der Waals surface area contributed by atoms with Crippen molar-refractivity contribution in [3.63, 3.8) is 0 Å². The van der Waals surface area contributed by atoms with Crippen LogP contribution in [0.15, 0.2) is 11.6 Å². The van der Waals surface area contributed by atoms with Crippen LogP contribution in [0, 0.1) is 28.6 Å². The highest BCUT2D eigenvalue weighted by Crippen LogP contribution is 2.64. The van der Waals surface area contributed by atoms with Gasteiger partial charge in [0.05, 0.1) is 6.10 Å². The first-order valence-electron chi connectivity index (χ1n) is 8.88. The van der Waals surface area contributed by atoms with Crippen LogP contribution in [0.3, 0.4) is 0 Å². The summed E-state index contributed by atoms with van der Waals surface area (Å²) in [7, 11) is 0. The predicted molar refractivity (Wildman–Crippen MR) is 82.7 cm³/mol. The molecule has 6 atom stereocenters. The highest BCUT2D eigenvalue weighted by Gasteiger charge is 2.58. The van der Waals surface area contributed by atoms with Crippen molar-refractivity contribution in [2.75, 3.05) is 0 Å². The number of carbonyl (C=O) groups excluding carboxylic acids is 1. The van der Waals surface area contributed by atoms with E-state index in [1.807, 2.05) is 0 Å². The minimum Gasteiger partial charge on any atom is -0.389 e. The van der Waals surface area contributed by atoms with E-state index in [2.05, 4.69) is 19.9 Å². The summed E-state index contributed by atoms with van der Waals surface area (Å²) in [6, 6.07) is 0. The molecule has 21 heavy (non-hydrogen) atoms. The van der Waals surface area contributed by atoms with Crippen molar-refractivity contribution in [1.82, 2.24) is 0 Å². The van der Waals surface area contributed by atoms with Gasteiger partial charge in [-0.2, -0.15) is 0 Å². The number of fused-ring (bicyclic) bond motifs is 5. The smallest absolute Gasteiger partial charge is 0.139 e. The van der Waals surface area contributed by atoms with Gasteiger partial charge in [0.15, 0.2) is 0 Å². The molecule has 3 unspecified atom stereocenters. The minimum absolute atomic E-state index is 0.00702. The quantitative estimate of drug-likeness (QED) is 0.687.